The van der Waals surface area contributed by atoms with Crippen LogP contribution in [0.2, 0.25) is 5.02 Å². The van der Waals surface area contributed by atoms with E-state index in [0.717, 1.165) is 22.4 Å². The highest BCUT2D eigenvalue weighted by Crippen LogP contribution is 2.29. The summed E-state index contributed by atoms with van der Waals surface area (Å²) in [5.74, 6) is 0. The highest BCUT2D eigenvalue weighted by atomic mass is 35.5. The summed E-state index contributed by atoms with van der Waals surface area (Å²) in [6.07, 6.45) is 2.59. The SMILES string of the molecule is O=C(O)NC(Cc1ccccc1)c1ccc(-c2cc(Cl)ccc2-n2cnnn2)cn1. The summed E-state index contributed by atoms with van der Waals surface area (Å²) < 4.78 is 1.55. The highest BCUT2D eigenvalue weighted by molar-refractivity contribution is 6.31. The standard InChI is InChI=1S/C21H17ClN6O2/c22-16-7-9-20(28-13-24-26-27-28)17(11-16)15-6-8-18(23-12-15)19(25-21(29)30)10-14-4-2-1-3-5-14/h1-9,11-13,19,25H,10H2,(H,29,30). The summed E-state index contributed by atoms with van der Waals surface area (Å²) in [6.45, 7) is 0. The molecule has 30 heavy (non-hydrogen) atoms. The van der Waals surface area contributed by atoms with Crippen LogP contribution < -0.4 is 5.32 Å². The Balaban J connectivity index is 1.66. The van der Waals surface area contributed by atoms with Crippen molar-refractivity contribution in [2.24, 2.45) is 0 Å². The van der Waals surface area contributed by atoms with Gasteiger partial charge in [0.2, 0.25) is 0 Å². The average Bonchev–Trinajstić information content (AvgIpc) is 3.28. The Bertz CT molecular complexity index is 1130. The van der Waals surface area contributed by atoms with E-state index < -0.39 is 12.1 Å². The van der Waals surface area contributed by atoms with Crippen molar-refractivity contribution < 1.29 is 9.90 Å². The molecule has 0 spiro atoms. The number of hydrogen-bond donors (Lipinski definition) is 2. The van der Waals surface area contributed by atoms with E-state index in [1.54, 1.807) is 16.9 Å². The van der Waals surface area contributed by atoms with Gasteiger partial charge in [0.15, 0.2) is 0 Å². The lowest BCUT2D eigenvalue weighted by atomic mass is 10.0. The lowest BCUT2D eigenvalue weighted by Crippen LogP contribution is -2.29. The second-order valence-corrected chi connectivity index (χ2v) is 7.02. The monoisotopic (exact) mass is 420 g/mol. The maximum absolute atomic E-state index is 11.3. The van der Waals surface area contributed by atoms with Gasteiger partial charge in [-0.2, -0.15) is 4.68 Å². The van der Waals surface area contributed by atoms with Gasteiger partial charge in [-0.25, -0.2) is 4.79 Å². The molecule has 4 rings (SSSR count). The van der Waals surface area contributed by atoms with Crippen LogP contribution in [0, 0.1) is 0 Å². The molecule has 0 saturated carbocycles. The van der Waals surface area contributed by atoms with Crippen LogP contribution in [-0.4, -0.2) is 36.4 Å². The Morgan fingerprint density at radius 1 is 1.13 bits per heavy atom. The number of nitrogens with one attached hydrogen (secondary N) is 1. The van der Waals surface area contributed by atoms with Gasteiger partial charge >= 0.3 is 6.09 Å². The Morgan fingerprint density at radius 3 is 2.63 bits per heavy atom. The maximum atomic E-state index is 11.3. The first-order valence-corrected chi connectivity index (χ1v) is 9.50. The Kier molecular flexibility index (Phi) is 5.67. The summed E-state index contributed by atoms with van der Waals surface area (Å²) in [4.78, 5) is 15.8. The van der Waals surface area contributed by atoms with Gasteiger partial charge in [-0.3, -0.25) is 4.98 Å². The summed E-state index contributed by atoms with van der Waals surface area (Å²) in [7, 11) is 0. The summed E-state index contributed by atoms with van der Waals surface area (Å²) >= 11 is 6.20. The van der Waals surface area contributed by atoms with Gasteiger partial charge in [0.05, 0.1) is 17.4 Å². The zero-order chi connectivity index (χ0) is 20.9. The third kappa shape index (κ3) is 4.44. The van der Waals surface area contributed by atoms with E-state index in [1.807, 2.05) is 54.6 Å². The molecule has 1 amide bonds. The van der Waals surface area contributed by atoms with Gasteiger partial charge < -0.3 is 10.4 Å². The average molecular weight is 421 g/mol. The van der Waals surface area contributed by atoms with E-state index >= 15 is 0 Å². The third-order valence-electron chi connectivity index (χ3n) is 4.59. The minimum atomic E-state index is -1.10. The molecular formula is C21H17ClN6O2. The van der Waals surface area contributed by atoms with Crippen LogP contribution in [0.5, 0.6) is 0 Å². The number of amides is 1. The fraction of sp³-hybridized carbons (Fsp3) is 0.0952. The first-order chi connectivity index (χ1) is 14.6. The molecule has 2 aromatic carbocycles. The van der Waals surface area contributed by atoms with E-state index in [4.69, 9.17) is 11.6 Å². The number of tetrazole rings is 1. The Hall–Kier alpha value is -3.78. The van der Waals surface area contributed by atoms with E-state index in [-0.39, 0.29) is 0 Å². The zero-order valence-electron chi connectivity index (χ0n) is 15.7. The van der Waals surface area contributed by atoms with E-state index in [0.29, 0.717) is 17.1 Å². The van der Waals surface area contributed by atoms with Crippen molar-refractivity contribution in [3.05, 3.63) is 89.5 Å². The third-order valence-corrected chi connectivity index (χ3v) is 4.82. The molecule has 0 aliphatic carbocycles. The number of pyridine rings is 1. The normalized spacial score (nSPS) is 11.8. The molecule has 0 bridgehead atoms. The van der Waals surface area contributed by atoms with Gasteiger partial charge in [0, 0.05) is 22.3 Å². The van der Waals surface area contributed by atoms with Crippen LogP contribution in [0.3, 0.4) is 0 Å². The first-order valence-electron chi connectivity index (χ1n) is 9.13. The van der Waals surface area contributed by atoms with E-state index in [9.17, 15) is 9.90 Å². The van der Waals surface area contributed by atoms with Crippen LogP contribution in [0.4, 0.5) is 4.79 Å². The van der Waals surface area contributed by atoms with E-state index in [2.05, 4.69) is 25.8 Å². The largest absolute Gasteiger partial charge is 0.465 e. The van der Waals surface area contributed by atoms with Crippen molar-refractivity contribution in [3.8, 4) is 16.8 Å². The predicted octanol–water partition coefficient (Wildman–Crippen LogP) is 3.93. The fourth-order valence-corrected chi connectivity index (χ4v) is 3.38. The van der Waals surface area contributed by atoms with Crippen LogP contribution in [0.15, 0.2) is 73.2 Å². The lowest BCUT2D eigenvalue weighted by Gasteiger charge is -2.17. The molecule has 9 heteroatoms. The number of halogens is 1. The number of benzene rings is 2. The quantitative estimate of drug-likeness (QED) is 0.489. The number of hydrogen-bond acceptors (Lipinski definition) is 5. The Labute approximate surface area is 177 Å². The predicted molar refractivity (Wildman–Crippen MR) is 111 cm³/mol. The van der Waals surface area contributed by atoms with Gasteiger partial charge in [0.1, 0.15) is 6.33 Å². The second kappa shape index (κ2) is 8.71. The van der Waals surface area contributed by atoms with Crippen molar-refractivity contribution in [1.82, 2.24) is 30.5 Å². The van der Waals surface area contributed by atoms with Crippen molar-refractivity contribution in [2.45, 2.75) is 12.5 Å². The molecule has 4 aromatic rings. The number of aromatic nitrogens is 5. The molecule has 2 aromatic heterocycles. The fourth-order valence-electron chi connectivity index (χ4n) is 3.21. The van der Waals surface area contributed by atoms with Crippen molar-refractivity contribution in [1.29, 1.82) is 0 Å². The molecule has 1 atom stereocenters. The smallest absolute Gasteiger partial charge is 0.405 e. The molecule has 0 fully saturated rings. The molecule has 8 nitrogen and oxygen atoms in total. The summed E-state index contributed by atoms with van der Waals surface area (Å²) in [5.41, 5.74) is 4.00. The second-order valence-electron chi connectivity index (χ2n) is 6.58. The Morgan fingerprint density at radius 2 is 1.97 bits per heavy atom. The molecule has 150 valence electrons. The summed E-state index contributed by atoms with van der Waals surface area (Å²) in [6, 6.07) is 18.3. The minimum absolute atomic E-state index is 0.475. The van der Waals surface area contributed by atoms with Gasteiger partial charge in [-0.1, -0.05) is 48.0 Å². The minimum Gasteiger partial charge on any atom is -0.465 e. The van der Waals surface area contributed by atoms with Crippen LogP contribution in [0.1, 0.15) is 17.3 Å². The lowest BCUT2D eigenvalue weighted by molar-refractivity contribution is 0.189. The van der Waals surface area contributed by atoms with Gasteiger partial charge in [-0.05, 0) is 46.7 Å². The molecule has 0 aliphatic heterocycles. The zero-order valence-corrected chi connectivity index (χ0v) is 16.4. The van der Waals surface area contributed by atoms with Crippen molar-refractivity contribution in [2.75, 3.05) is 0 Å². The number of carbonyl (C=O) groups is 1. The molecule has 0 radical (unpaired) electrons. The molecule has 2 N–H and O–H groups in total. The summed E-state index contributed by atoms with van der Waals surface area (Å²) in [5, 5.41) is 23.7. The molecular weight excluding hydrogens is 404 g/mol. The molecule has 1 unspecified atom stereocenters. The molecule has 0 saturated heterocycles. The first kappa shape index (κ1) is 19.5. The number of nitrogens with zero attached hydrogens (tertiary/aromatic N) is 5. The van der Waals surface area contributed by atoms with Crippen molar-refractivity contribution >= 4 is 17.7 Å². The van der Waals surface area contributed by atoms with Crippen LogP contribution in [-0.2, 0) is 6.42 Å². The van der Waals surface area contributed by atoms with Gasteiger partial charge in [0.25, 0.3) is 0 Å². The molecule has 0 aliphatic rings. The number of rotatable bonds is 6. The van der Waals surface area contributed by atoms with Gasteiger partial charge in [-0.15, -0.1) is 5.10 Å². The highest BCUT2D eigenvalue weighted by Gasteiger charge is 2.17. The van der Waals surface area contributed by atoms with E-state index in [1.165, 1.54) is 6.33 Å². The number of carboxylic acid groups (broad SMARTS) is 1. The van der Waals surface area contributed by atoms with Crippen LogP contribution in [0.25, 0.3) is 16.8 Å². The van der Waals surface area contributed by atoms with Crippen molar-refractivity contribution in [3.63, 3.8) is 0 Å². The maximum Gasteiger partial charge on any atom is 0.405 e. The topological polar surface area (TPSA) is 106 Å². The molecule has 2 heterocycles. The van der Waals surface area contributed by atoms with Crippen LogP contribution >= 0.6 is 11.6 Å².